The Hall–Kier alpha value is -1.75. The Kier molecular flexibility index (Phi) is 4.41. The Morgan fingerprint density at radius 1 is 1.39 bits per heavy atom. The average Bonchev–Trinajstić information content (AvgIpc) is 2.39. The maximum Gasteiger partial charge on any atom is 0.258 e. The van der Waals surface area contributed by atoms with Crippen LogP contribution in [-0.4, -0.2) is 31.8 Å². The molecule has 1 aromatic rings. The van der Waals surface area contributed by atoms with Crippen molar-refractivity contribution in [3.63, 3.8) is 0 Å². The monoisotopic (exact) mass is 250 g/mol. The van der Waals surface area contributed by atoms with E-state index < -0.39 is 0 Å². The third kappa shape index (κ3) is 3.63. The number of para-hydroxylation sites is 2. The first-order valence-electron chi connectivity index (χ1n) is 6.10. The third-order valence-corrected chi connectivity index (χ3v) is 2.86. The van der Waals surface area contributed by atoms with Crippen molar-refractivity contribution in [3.05, 3.63) is 24.3 Å². The van der Waals surface area contributed by atoms with Crippen LogP contribution < -0.4 is 15.8 Å². The van der Waals surface area contributed by atoms with Crippen molar-refractivity contribution in [2.75, 3.05) is 25.6 Å². The maximum absolute atomic E-state index is 11.7. The normalized spacial score (nSPS) is 16.2. The van der Waals surface area contributed by atoms with Crippen molar-refractivity contribution < 1.29 is 14.3 Å². The summed E-state index contributed by atoms with van der Waals surface area (Å²) >= 11 is 0. The lowest BCUT2D eigenvalue weighted by atomic mass is 10.1. The fourth-order valence-electron chi connectivity index (χ4n) is 1.87. The molecule has 1 heterocycles. The molecule has 0 bridgehead atoms. The fraction of sp³-hybridized carbons (Fsp3) is 0.462. The lowest BCUT2D eigenvalue weighted by Gasteiger charge is -2.23. The molecule has 0 atom stereocenters. The predicted molar refractivity (Wildman–Crippen MR) is 68.3 cm³/mol. The maximum atomic E-state index is 11.7. The van der Waals surface area contributed by atoms with Crippen molar-refractivity contribution in [3.8, 4) is 5.75 Å². The van der Waals surface area contributed by atoms with Crippen LogP contribution in [0.5, 0.6) is 5.75 Å². The van der Waals surface area contributed by atoms with E-state index in [-0.39, 0.29) is 18.6 Å². The number of hydrogen-bond donors (Lipinski definition) is 2. The fourth-order valence-corrected chi connectivity index (χ4v) is 1.87. The van der Waals surface area contributed by atoms with Gasteiger partial charge in [-0.05, 0) is 25.0 Å². The number of nitrogens with one attached hydrogen (secondary N) is 1. The van der Waals surface area contributed by atoms with Crippen molar-refractivity contribution >= 4 is 11.6 Å². The Morgan fingerprint density at radius 2 is 2.11 bits per heavy atom. The second-order valence-electron chi connectivity index (χ2n) is 4.28. The number of benzene rings is 1. The third-order valence-electron chi connectivity index (χ3n) is 2.86. The highest BCUT2D eigenvalue weighted by atomic mass is 16.5. The van der Waals surface area contributed by atoms with E-state index in [2.05, 4.69) is 5.32 Å². The van der Waals surface area contributed by atoms with Crippen molar-refractivity contribution in [1.82, 2.24) is 5.32 Å². The van der Waals surface area contributed by atoms with Gasteiger partial charge in [0.1, 0.15) is 5.75 Å². The molecule has 0 aromatic heterocycles. The van der Waals surface area contributed by atoms with E-state index in [0.717, 1.165) is 12.8 Å². The van der Waals surface area contributed by atoms with E-state index in [4.69, 9.17) is 15.2 Å². The summed E-state index contributed by atoms with van der Waals surface area (Å²) in [5.74, 6) is 0.421. The zero-order valence-electron chi connectivity index (χ0n) is 10.2. The largest absolute Gasteiger partial charge is 0.482 e. The predicted octanol–water partition coefficient (Wildman–Crippen LogP) is 0.943. The molecule has 0 unspecified atom stereocenters. The van der Waals surface area contributed by atoms with Gasteiger partial charge < -0.3 is 20.5 Å². The number of amides is 1. The Morgan fingerprint density at radius 3 is 2.83 bits per heavy atom. The molecule has 5 nitrogen and oxygen atoms in total. The van der Waals surface area contributed by atoms with Crippen LogP contribution in [0.1, 0.15) is 12.8 Å². The van der Waals surface area contributed by atoms with Gasteiger partial charge in [0.05, 0.1) is 5.69 Å². The molecule has 0 spiro atoms. The number of nitrogen functional groups attached to an aromatic ring is 1. The Labute approximate surface area is 106 Å². The summed E-state index contributed by atoms with van der Waals surface area (Å²) in [4.78, 5) is 11.7. The lowest BCUT2D eigenvalue weighted by molar-refractivity contribution is -0.124. The van der Waals surface area contributed by atoms with Crippen molar-refractivity contribution in [2.45, 2.75) is 18.9 Å². The van der Waals surface area contributed by atoms with Gasteiger partial charge in [-0.3, -0.25) is 4.79 Å². The van der Waals surface area contributed by atoms with Crippen molar-refractivity contribution in [1.29, 1.82) is 0 Å². The summed E-state index contributed by atoms with van der Waals surface area (Å²) in [6, 6.07) is 7.33. The van der Waals surface area contributed by atoms with Gasteiger partial charge in [0.15, 0.2) is 6.61 Å². The number of rotatable bonds is 4. The van der Waals surface area contributed by atoms with Gasteiger partial charge in [-0.15, -0.1) is 0 Å². The van der Waals surface area contributed by atoms with E-state index in [1.807, 2.05) is 12.1 Å². The molecule has 1 amide bonds. The average molecular weight is 250 g/mol. The first-order chi connectivity index (χ1) is 8.75. The first-order valence-corrected chi connectivity index (χ1v) is 6.10. The molecule has 3 N–H and O–H groups in total. The van der Waals surface area contributed by atoms with Crippen LogP contribution in [0.25, 0.3) is 0 Å². The highest BCUT2D eigenvalue weighted by molar-refractivity contribution is 5.78. The van der Waals surface area contributed by atoms with Crippen LogP contribution in [0.4, 0.5) is 5.69 Å². The van der Waals surface area contributed by atoms with Crippen LogP contribution in [0.2, 0.25) is 0 Å². The molecule has 0 radical (unpaired) electrons. The molecule has 18 heavy (non-hydrogen) atoms. The zero-order valence-corrected chi connectivity index (χ0v) is 10.2. The summed E-state index contributed by atoms with van der Waals surface area (Å²) in [6.07, 6.45) is 1.72. The molecule has 5 heteroatoms. The molecular formula is C13H18N2O3. The summed E-state index contributed by atoms with van der Waals surface area (Å²) < 4.78 is 10.6. The first kappa shape index (κ1) is 12.7. The van der Waals surface area contributed by atoms with Gasteiger partial charge >= 0.3 is 0 Å². The van der Waals surface area contributed by atoms with E-state index in [0.29, 0.717) is 24.7 Å². The van der Waals surface area contributed by atoms with Crippen molar-refractivity contribution in [2.24, 2.45) is 0 Å². The van der Waals surface area contributed by atoms with Crippen LogP contribution in [0, 0.1) is 0 Å². The number of nitrogens with two attached hydrogens (primary N) is 1. The molecule has 2 rings (SSSR count). The van der Waals surface area contributed by atoms with Gasteiger partial charge in [-0.25, -0.2) is 0 Å². The number of carbonyl (C=O) groups is 1. The van der Waals surface area contributed by atoms with Gasteiger partial charge in [0, 0.05) is 19.3 Å². The van der Waals surface area contributed by atoms with Crippen LogP contribution in [0.3, 0.4) is 0 Å². The van der Waals surface area contributed by atoms with Gasteiger partial charge in [0.2, 0.25) is 0 Å². The number of carbonyl (C=O) groups excluding carboxylic acids is 1. The van der Waals surface area contributed by atoms with Gasteiger partial charge in [0.25, 0.3) is 5.91 Å². The van der Waals surface area contributed by atoms with Gasteiger partial charge in [-0.1, -0.05) is 12.1 Å². The molecule has 1 saturated heterocycles. The Bertz CT molecular complexity index is 403. The topological polar surface area (TPSA) is 73.6 Å². The highest BCUT2D eigenvalue weighted by Gasteiger charge is 2.16. The van der Waals surface area contributed by atoms with Crippen LogP contribution >= 0.6 is 0 Å². The smallest absolute Gasteiger partial charge is 0.258 e. The van der Waals surface area contributed by atoms with E-state index in [1.165, 1.54) is 0 Å². The molecule has 1 aliphatic heterocycles. The molecule has 1 aliphatic rings. The van der Waals surface area contributed by atoms with E-state index >= 15 is 0 Å². The van der Waals surface area contributed by atoms with Crippen LogP contribution in [-0.2, 0) is 9.53 Å². The van der Waals surface area contributed by atoms with Gasteiger partial charge in [-0.2, -0.15) is 0 Å². The number of hydrogen-bond acceptors (Lipinski definition) is 4. The second kappa shape index (κ2) is 6.26. The summed E-state index contributed by atoms with van der Waals surface area (Å²) in [7, 11) is 0. The summed E-state index contributed by atoms with van der Waals surface area (Å²) in [5, 5.41) is 2.92. The second-order valence-corrected chi connectivity index (χ2v) is 4.28. The number of anilines is 1. The van der Waals surface area contributed by atoms with Crippen LogP contribution in [0.15, 0.2) is 24.3 Å². The zero-order chi connectivity index (χ0) is 12.8. The molecule has 98 valence electrons. The minimum atomic E-state index is -0.120. The Balaban J connectivity index is 1.76. The molecule has 0 saturated carbocycles. The SMILES string of the molecule is Nc1ccccc1OCC(=O)NC1CCOCC1. The lowest BCUT2D eigenvalue weighted by Crippen LogP contribution is -2.41. The quantitative estimate of drug-likeness (QED) is 0.780. The minimum absolute atomic E-state index is 0.00836. The molecule has 1 aromatic carbocycles. The molecular weight excluding hydrogens is 232 g/mol. The van der Waals surface area contributed by atoms with E-state index in [9.17, 15) is 4.79 Å². The number of ether oxygens (including phenoxy) is 2. The summed E-state index contributed by atoms with van der Waals surface area (Å²) in [6.45, 7) is 1.40. The molecule has 0 aliphatic carbocycles. The highest BCUT2D eigenvalue weighted by Crippen LogP contribution is 2.19. The summed E-state index contributed by atoms with van der Waals surface area (Å²) in [5.41, 5.74) is 6.26. The standard InChI is InChI=1S/C13H18N2O3/c14-11-3-1-2-4-12(11)18-9-13(16)15-10-5-7-17-8-6-10/h1-4,10H,5-9,14H2,(H,15,16). The van der Waals surface area contributed by atoms with E-state index in [1.54, 1.807) is 12.1 Å². The minimum Gasteiger partial charge on any atom is -0.482 e. The molecule has 1 fully saturated rings.